The van der Waals surface area contributed by atoms with Crippen molar-refractivity contribution in [2.24, 2.45) is 0 Å². The Balaban J connectivity index is 1.84. The van der Waals surface area contributed by atoms with Gasteiger partial charge in [0.25, 0.3) is 15.7 Å². The van der Waals surface area contributed by atoms with Gasteiger partial charge < -0.3 is 9.84 Å². The molecular weight excluding hydrogens is 501 g/mol. The molecule has 0 radical (unpaired) electrons. The van der Waals surface area contributed by atoms with Gasteiger partial charge >= 0.3 is 5.97 Å². The normalized spacial score (nSPS) is 22.1. The van der Waals surface area contributed by atoms with E-state index in [1.165, 1.54) is 18.2 Å². The minimum atomic E-state index is -4.45. The average molecular weight is 516 g/mol. The summed E-state index contributed by atoms with van der Waals surface area (Å²) in [6, 6.07) is 18.1. The van der Waals surface area contributed by atoms with Gasteiger partial charge in [-0.25, -0.2) is 21.9 Å². The van der Waals surface area contributed by atoms with Crippen LogP contribution in [0, 0.1) is 5.82 Å². The molecule has 32 heavy (non-hydrogen) atoms. The topological polar surface area (TPSA) is 83.9 Å². The number of nitrogens with zero attached hydrogens (tertiary/aromatic N) is 1. The molecule has 2 atom stereocenters. The molecule has 0 aromatic heterocycles. The number of sulfonamides is 1. The molecule has 3 aromatic carbocycles. The molecule has 1 N–H and O–H groups in total. The number of aliphatic hydroxyl groups is 1. The van der Waals surface area contributed by atoms with Crippen LogP contribution in [-0.4, -0.2) is 25.2 Å². The van der Waals surface area contributed by atoms with Gasteiger partial charge in [0, 0.05) is 21.7 Å². The predicted octanol–water partition coefficient (Wildman–Crippen LogP) is 4.17. The number of halogens is 2. The van der Waals surface area contributed by atoms with Crippen LogP contribution in [0.5, 0.6) is 0 Å². The molecule has 1 spiro atoms. The highest BCUT2D eigenvalue weighted by atomic mass is 79.9. The van der Waals surface area contributed by atoms with E-state index >= 15 is 0 Å². The lowest BCUT2D eigenvalue weighted by Crippen LogP contribution is -2.53. The lowest BCUT2D eigenvalue weighted by atomic mass is 9.91. The molecule has 9 heteroatoms. The van der Waals surface area contributed by atoms with Gasteiger partial charge in [0.2, 0.25) is 0 Å². The summed E-state index contributed by atoms with van der Waals surface area (Å²) in [6.07, 6.45) is -0.433. The Morgan fingerprint density at radius 1 is 1.03 bits per heavy atom. The number of benzene rings is 3. The number of aliphatic hydroxyl groups excluding tert-OH is 1. The van der Waals surface area contributed by atoms with Crippen molar-refractivity contribution in [2.45, 2.75) is 16.7 Å². The molecule has 5 rings (SSSR count). The molecule has 0 amide bonds. The highest BCUT2D eigenvalue weighted by Crippen LogP contribution is 2.57. The van der Waals surface area contributed by atoms with Crippen molar-refractivity contribution in [3.63, 3.8) is 0 Å². The first kappa shape index (κ1) is 20.9. The summed E-state index contributed by atoms with van der Waals surface area (Å²) in [5.41, 5.74) is -1.48. The van der Waals surface area contributed by atoms with Crippen molar-refractivity contribution >= 4 is 43.2 Å². The number of rotatable bonds is 3. The lowest BCUT2D eigenvalue weighted by molar-refractivity contribution is -0.151. The van der Waals surface area contributed by atoms with E-state index < -0.39 is 33.6 Å². The summed E-state index contributed by atoms with van der Waals surface area (Å²) in [7, 11) is -4.45. The molecule has 0 fully saturated rings. The molecule has 0 saturated heterocycles. The van der Waals surface area contributed by atoms with Gasteiger partial charge in [-0.1, -0.05) is 48.5 Å². The van der Waals surface area contributed by atoms with Crippen LogP contribution in [0.3, 0.4) is 0 Å². The van der Waals surface area contributed by atoms with E-state index in [-0.39, 0.29) is 26.2 Å². The molecule has 2 aliphatic rings. The van der Waals surface area contributed by atoms with E-state index in [0.29, 0.717) is 5.56 Å². The number of anilines is 1. The molecular formula is C23H15BrFNO5S. The Morgan fingerprint density at radius 2 is 1.72 bits per heavy atom. The molecule has 2 heterocycles. The first-order chi connectivity index (χ1) is 15.3. The molecule has 0 saturated carbocycles. The van der Waals surface area contributed by atoms with Gasteiger partial charge in [0.1, 0.15) is 16.8 Å². The third-order valence-corrected chi connectivity index (χ3v) is 8.34. The number of fused-ring (bicyclic) bond motifs is 1. The van der Waals surface area contributed by atoms with E-state index in [2.05, 4.69) is 15.9 Å². The standard InChI is InChI=1S/C23H15BrFNO5S/c24-18-8-4-5-9-20(18)32(29,30)26-19-12-15(25)10-11-16(19)22(28)23(26)17(13-21(27)31-23)14-6-2-1-3-7-14/h1-13,22,28H/t22-,23-/m0/s1. The third kappa shape index (κ3) is 2.85. The fourth-order valence-corrected chi connectivity index (χ4v) is 6.88. The van der Waals surface area contributed by atoms with Gasteiger partial charge in [-0.15, -0.1) is 0 Å². The smallest absolute Gasteiger partial charge is 0.333 e. The Hall–Kier alpha value is -3.01. The van der Waals surface area contributed by atoms with E-state index in [1.54, 1.807) is 42.5 Å². The Labute approximate surface area is 191 Å². The number of carbonyl (C=O) groups excluding carboxylic acids is 1. The van der Waals surface area contributed by atoms with E-state index in [1.807, 2.05) is 0 Å². The second kappa shape index (κ2) is 7.26. The zero-order valence-electron chi connectivity index (χ0n) is 16.3. The van der Waals surface area contributed by atoms with E-state index in [0.717, 1.165) is 22.5 Å². The minimum absolute atomic E-state index is 0.107. The summed E-state index contributed by atoms with van der Waals surface area (Å²) < 4.78 is 48.9. The highest BCUT2D eigenvalue weighted by Gasteiger charge is 2.64. The molecule has 0 bridgehead atoms. The fraction of sp³-hybridized carbons (Fsp3) is 0.0870. The predicted molar refractivity (Wildman–Crippen MR) is 118 cm³/mol. The monoisotopic (exact) mass is 515 g/mol. The zero-order chi connectivity index (χ0) is 22.7. The summed E-state index contributed by atoms with van der Waals surface area (Å²) in [5, 5.41) is 11.4. The van der Waals surface area contributed by atoms with Gasteiger partial charge in [0.15, 0.2) is 0 Å². The number of hydrogen-bond acceptors (Lipinski definition) is 5. The Kier molecular flexibility index (Phi) is 4.74. The number of carbonyl (C=O) groups is 1. The number of ether oxygens (including phenoxy) is 1. The summed E-state index contributed by atoms with van der Waals surface area (Å²) in [4.78, 5) is 12.4. The highest BCUT2D eigenvalue weighted by molar-refractivity contribution is 9.10. The molecule has 6 nitrogen and oxygen atoms in total. The van der Waals surface area contributed by atoms with Crippen LogP contribution < -0.4 is 4.31 Å². The van der Waals surface area contributed by atoms with Gasteiger partial charge in [-0.2, -0.15) is 0 Å². The molecule has 0 aliphatic carbocycles. The third-order valence-electron chi connectivity index (χ3n) is 5.52. The maximum Gasteiger partial charge on any atom is 0.333 e. The van der Waals surface area contributed by atoms with Crippen molar-refractivity contribution in [1.29, 1.82) is 0 Å². The summed E-state index contributed by atoms with van der Waals surface area (Å²) in [6.45, 7) is 0. The molecule has 162 valence electrons. The lowest BCUT2D eigenvalue weighted by Gasteiger charge is -2.38. The van der Waals surface area contributed by atoms with Crippen LogP contribution in [0.4, 0.5) is 10.1 Å². The van der Waals surface area contributed by atoms with Crippen molar-refractivity contribution in [1.82, 2.24) is 0 Å². The van der Waals surface area contributed by atoms with Crippen molar-refractivity contribution in [3.05, 3.63) is 100 Å². The van der Waals surface area contributed by atoms with Gasteiger partial charge in [-0.3, -0.25) is 0 Å². The molecule has 3 aromatic rings. The largest absolute Gasteiger partial charge is 0.427 e. The average Bonchev–Trinajstić information content (AvgIpc) is 3.23. The van der Waals surface area contributed by atoms with E-state index in [4.69, 9.17) is 4.74 Å². The maximum atomic E-state index is 14.3. The number of hydrogen-bond donors (Lipinski definition) is 1. The quantitative estimate of drug-likeness (QED) is 0.529. The van der Waals surface area contributed by atoms with E-state index in [9.17, 15) is 22.7 Å². The van der Waals surface area contributed by atoms with Crippen molar-refractivity contribution in [2.75, 3.05) is 4.31 Å². The maximum absolute atomic E-state index is 14.3. The van der Waals surface area contributed by atoms with Crippen molar-refractivity contribution < 1.29 is 27.4 Å². The van der Waals surface area contributed by atoms with Crippen LogP contribution in [0.2, 0.25) is 0 Å². The van der Waals surface area contributed by atoms with Gasteiger partial charge in [0.05, 0.1) is 5.69 Å². The summed E-state index contributed by atoms with van der Waals surface area (Å²) in [5.74, 6) is -1.52. The van der Waals surface area contributed by atoms with Crippen LogP contribution in [0.25, 0.3) is 5.57 Å². The van der Waals surface area contributed by atoms with Gasteiger partial charge in [-0.05, 0) is 45.8 Å². The summed E-state index contributed by atoms with van der Waals surface area (Å²) >= 11 is 3.25. The van der Waals surface area contributed by atoms with Crippen LogP contribution in [0.15, 0.2) is 88.2 Å². The second-order valence-corrected chi connectivity index (χ2v) is 9.96. The number of esters is 1. The van der Waals surface area contributed by atoms with Crippen LogP contribution in [0.1, 0.15) is 17.2 Å². The first-order valence-corrected chi connectivity index (χ1v) is 11.8. The molecule has 2 aliphatic heterocycles. The second-order valence-electron chi connectivity index (χ2n) is 7.35. The Morgan fingerprint density at radius 3 is 2.44 bits per heavy atom. The molecule has 0 unspecified atom stereocenters. The van der Waals surface area contributed by atoms with Crippen LogP contribution >= 0.6 is 15.9 Å². The van der Waals surface area contributed by atoms with Crippen LogP contribution in [-0.2, 0) is 19.6 Å². The first-order valence-electron chi connectivity index (χ1n) is 9.55. The SMILES string of the molecule is O=C1C=C(c2ccccc2)[C@]2(O1)[C@@H](O)c1ccc(F)cc1N2S(=O)(=O)c1ccccc1Br. The fourth-order valence-electron chi connectivity index (χ4n) is 4.21. The Bertz CT molecular complexity index is 1390. The zero-order valence-corrected chi connectivity index (χ0v) is 18.7. The minimum Gasteiger partial charge on any atom is -0.427 e. The van der Waals surface area contributed by atoms with Crippen molar-refractivity contribution in [3.8, 4) is 0 Å².